The number of nitrogens with zero attached hydrogens (tertiary/aromatic N) is 1. The molecule has 4 nitrogen and oxygen atoms in total. The van der Waals surface area contributed by atoms with Crippen molar-refractivity contribution < 1.29 is 9.59 Å². The van der Waals surface area contributed by atoms with Gasteiger partial charge in [0.05, 0.1) is 6.42 Å². The van der Waals surface area contributed by atoms with Crippen LogP contribution in [0.4, 0.5) is 0 Å². The van der Waals surface area contributed by atoms with Crippen LogP contribution in [0.3, 0.4) is 0 Å². The lowest BCUT2D eigenvalue weighted by atomic mass is 10.2. The Morgan fingerprint density at radius 1 is 1.53 bits per heavy atom. The lowest BCUT2D eigenvalue weighted by Gasteiger charge is -2.20. The van der Waals surface area contributed by atoms with Gasteiger partial charge in [0.15, 0.2) is 5.78 Å². The summed E-state index contributed by atoms with van der Waals surface area (Å²) in [6.07, 6.45) is 3.33. The highest BCUT2D eigenvalue weighted by molar-refractivity contribution is 6.04. The van der Waals surface area contributed by atoms with Gasteiger partial charge in [0.1, 0.15) is 0 Å². The van der Waals surface area contributed by atoms with E-state index < -0.39 is 0 Å². The van der Waals surface area contributed by atoms with Gasteiger partial charge in [0.2, 0.25) is 5.91 Å². The molecule has 0 unspecified atom stereocenters. The molecule has 1 aliphatic rings. The van der Waals surface area contributed by atoms with Gasteiger partial charge < -0.3 is 10.6 Å². The van der Waals surface area contributed by atoms with Crippen LogP contribution in [0.2, 0.25) is 0 Å². The summed E-state index contributed by atoms with van der Waals surface area (Å²) in [5.74, 6) is -0.290. The number of hydrogen-bond acceptors (Lipinski definition) is 3. The molecule has 0 radical (unpaired) electrons. The molecule has 0 aliphatic carbocycles. The minimum absolute atomic E-state index is 0.0567. The predicted octanol–water partition coefficient (Wildman–Crippen LogP) is 0.819. The smallest absolute Gasteiger partial charge is 0.230 e. The third-order valence-electron chi connectivity index (χ3n) is 2.59. The monoisotopic (exact) mass is 210 g/mol. The summed E-state index contributed by atoms with van der Waals surface area (Å²) >= 11 is 0. The van der Waals surface area contributed by atoms with Gasteiger partial charge in [-0.05, 0) is 26.7 Å². The van der Waals surface area contributed by atoms with Crippen molar-refractivity contribution in [3.05, 3.63) is 11.8 Å². The second kappa shape index (κ2) is 4.96. The van der Waals surface area contributed by atoms with Crippen molar-refractivity contribution in [3.63, 3.8) is 0 Å². The van der Waals surface area contributed by atoms with Crippen molar-refractivity contribution >= 4 is 11.7 Å². The van der Waals surface area contributed by atoms with Gasteiger partial charge in [-0.15, -0.1) is 0 Å². The average Bonchev–Trinajstić information content (AvgIpc) is 2.49. The molecular formula is C11H18N2O2. The van der Waals surface area contributed by atoms with Crippen LogP contribution in [0.25, 0.3) is 0 Å². The Labute approximate surface area is 90.1 Å². The number of ketones is 1. The van der Waals surface area contributed by atoms with Crippen molar-refractivity contribution in [1.82, 2.24) is 4.90 Å². The molecular weight excluding hydrogens is 192 g/mol. The third kappa shape index (κ3) is 3.38. The van der Waals surface area contributed by atoms with Crippen molar-refractivity contribution in [2.24, 2.45) is 5.73 Å². The Morgan fingerprint density at radius 3 is 2.67 bits per heavy atom. The van der Waals surface area contributed by atoms with Gasteiger partial charge in [0.25, 0.3) is 0 Å². The minimum atomic E-state index is -0.209. The van der Waals surface area contributed by atoms with Crippen LogP contribution in [0.1, 0.15) is 33.1 Å². The second-order valence-electron chi connectivity index (χ2n) is 4.11. The van der Waals surface area contributed by atoms with Crippen LogP contribution in [-0.4, -0.2) is 29.2 Å². The molecule has 0 spiro atoms. The van der Waals surface area contributed by atoms with Gasteiger partial charge in [-0.2, -0.15) is 0 Å². The maximum Gasteiger partial charge on any atom is 0.230 e. The first-order valence-corrected chi connectivity index (χ1v) is 5.27. The minimum Gasteiger partial charge on any atom is -0.402 e. The standard InChI is InChI=1S/C11H18N2O2/c1-8(12)6-10(14)7-11(15)13-5-3-4-9(13)2/h6,9H,3-5,7,12H2,1-2H3/b8-6-/t9-/m1/s1. The van der Waals surface area contributed by atoms with E-state index in [1.54, 1.807) is 11.8 Å². The molecule has 4 heteroatoms. The number of nitrogens with two attached hydrogens (primary N) is 1. The summed E-state index contributed by atoms with van der Waals surface area (Å²) in [7, 11) is 0. The predicted molar refractivity (Wildman–Crippen MR) is 58.0 cm³/mol. The normalized spacial score (nSPS) is 21.9. The van der Waals surface area contributed by atoms with E-state index in [4.69, 9.17) is 5.73 Å². The van der Waals surface area contributed by atoms with Crippen LogP contribution in [0.15, 0.2) is 11.8 Å². The quantitative estimate of drug-likeness (QED) is 0.554. The zero-order valence-corrected chi connectivity index (χ0v) is 9.32. The van der Waals surface area contributed by atoms with E-state index in [9.17, 15) is 9.59 Å². The molecule has 1 amide bonds. The number of carbonyl (C=O) groups is 2. The van der Waals surface area contributed by atoms with Gasteiger partial charge in [-0.25, -0.2) is 0 Å². The molecule has 84 valence electrons. The Morgan fingerprint density at radius 2 is 2.20 bits per heavy atom. The van der Waals surface area contributed by atoms with E-state index >= 15 is 0 Å². The van der Waals surface area contributed by atoms with Crippen molar-refractivity contribution in [1.29, 1.82) is 0 Å². The molecule has 0 saturated carbocycles. The Bertz CT molecular complexity index is 293. The fourth-order valence-corrected chi connectivity index (χ4v) is 1.86. The Balaban J connectivity index is 2.48. The number of allylic oxidation sites excluding steroid dienone is 2. The molecule has 1 atom stereocenters. The highest BCUT2D eigenvalue weighted by Gasteiger charge is 2.25. The molecule has 0 aromatic carbocycles. The maximum atomic E-state index is 11.7. The molecule has 15 heavy (non-hydrogen) atoms. The van der Waals surface area contributed by atoms with Crippen LogP contribution < -0.4 is 5.73 Å². The van der Waals surface area contributed by atoms with Crippen LogP contribution in [0, 0.1) is 0 Å². The number of likely N-dealkylation sites (tertiary alicyclic amines) is 1. The highest BCUT2D eigenvalue weighted by atomic mass is 16.2. The van der Waals surface area contributed by atoms with Gasteiger partial charge in [-0.1, -0.05) is 0 Å². The lowest BCUT2D eigenvalue weighted by molar-refractivity contribution is -0.134. The molecule has 0 aromatic heterocycles. The first kappa shape index (κ1) is 11.8. The van der Waals surface area contributed by atoms with E-state index in [1.807, 2.05) is 6.92 Å². The van der Waals surface area contributed by atoms with Crippen molar-refractivity contribution in [3.8, 4) is 0 Å². The topological polar surface area (TPSA) is 63.4 Å². The molecule has 0 aromatic rings. The maximum absolute atomic E-state index is 11.7. The summed E-state index contributed by atoms with van der Waals surface area (Å²) < 4.78 is 0. The molecule has 1 aliphatic heterocycles. The summed E-state index contributed by atoms with van der Waals surface area (Å²) in [4.78, 5) is 24.8. The third-order valence-corrected chi connectivity index (χ3v) is 2.59. The second-order valence-corrected chi connectivity index (χ2v) is 4.11. The lowest BCUT2D eigenvalue weighted by Crippen LogP contribution is -2.34. The number of amides is 1. The molecule has 2 N–H and O–H groups in total. The fourth-order valence-electron chi connectivity index (χ4n) is 1.86. The molecule has 1 rings (SSSR count). The fraction of sp³-hybridized carbons (Fsp3) is 0.636. The zero-order valence-electron chi connectivity index (χ0n) is 9.32. The van der Waals surface area contributed by atoms with Crippen molar-refractivity contribution in [2.45, 2.75) is 39.2 Å². The summed E-state index contributed by atoms with van der Waals surface area (Å²) in [5, 5.41) is 0. The number of rotatable bonds is 3. The van der Waals surface area contributed by atoms with E-state index in [0.717, 1.165) is 19.4 Å². The van der Waals surface area contributed by atoms with Crippen LogP contribution >= 0.6 is 0 Å². The summed E-state index contributed by atoms with van der Waals surface area (Å²) in [6, 6.07) is 0.272. The van der Waals surface area contributed by atoms with E-state index in [-0.39, 0.29) is 24.2 Å². The highest BCUT2D eigenvalue weighted by Crippen LogP contribution is 2.17. The van der Waals surface area contributed by atoms with Crippen LogP contribution in [-0.2, 0) is 9.59 Å². The largest absolute Gasteiger partial charge is 0.402 e. The Hall–Kier alpha value is -1.32. The molecule has 0 bridgehead atoms. The van der Waals surface area contributed by atoms with Crippen LogP contribution in [0.5, 0.6) is 0 Å². The number of carbonyl (C=O) groups excluding carboxylic acids is 2. The van der Waals surface area contributed by atoms with E-state index in [2.05, 4.69) is 0 Å². The summed E-state index contributed by atoms with van der Waals surface area (Å²) in [6.45, 7) is 4.43. The SMILES string of the molecule is C/C(N)=C/C(=O)CC(=O)N1CCC[C@H]1C. The van der Waals surface area contributed by atoms with Gasteiger partial charge in [-0.3, -0.25) is 9.59 Å². The molecule has 1 saturated heterocycles. The number of hydrogen-bond donors (Lipinski definition) is 1. The van der Waals surface area contributed by atoms with Gasteiger partial charge >= 0.3 is 0 Å². The molecule has 1 fully saturated rings. The average molecular weight is 210 g/mol. The van der Waals surface area contributed by atoms with Gasteiger partial charge in [0, 0.05) is 24.4 Å². The van der Waals surface area contributed by atoms with E-state index in [0.29, 0.717) is 5.70 Å². The van der Waals surface area contributed by atoms with E-state index in [1.165, 1.54) is 6.08 Å². The summed E-state index contributed by atoms with van der Waals surface area (Å²) in [5.41, 5.74) is 5.81. The van der Waals surface area contributed by atoms with Crippen molar-refractivity contribution in [2.75, 3.05) is 6.54 Å². The molecule has 1 heterocycles. The Kier molecular flexibility index (Phi) is 3.88. The zero-order chi connectivity index (χ0) is 11.4. The first-order valence-electron chi connectivity index (χ1n) is 5.27. The first-order chi connectivity index (χ1) is 7.00.